The van der Waals surface area contributed by atoms with Gasteiger partial charge < -0.3 is 9.72 Å². The lowest BCUT2D eigenvalue weighted by atomic mass is 10.1. The largest absolute Gasteiger partial charge is 0.489 e. The van der Waals surface area contributed by atoms with E-state index in [1.807, 2.05) is 48.7 Å². The summed E-state index contributed by atoms with van der Waals surface area (Å²) in [6, 6.07) is 20.2. The second-order valence-electron chi connectivity index (χ2n) is 5.30. The third kappa shape index (κ3) is 2.92. The van der Waals surface area contributed by atoms with Crippen molar-refractivity contribution in [1.82, 2.24) is 15.0 Å². The van der Waals surface area contributed by atoms with Crippen molar-refractivity contribution in [2.45, 2.75) is 6.61 Å². The van der Waals surface area contributed by atoms with Crippen molar-refractivity contribution >= 4 is 11.2 Å². The minimum absolute atomic E-state index is 0.571. The second-order valence-corrected chi connectivity index (χ2v) is 5.30. The van der Waals surface area contributed by atoms with Gasteiger partial charge in [-0.15, -0.1) is 0 Å². The van der Waals surface area contributed by atoms with Crippen LogP contribution in [-0.2, 0) is 6.61 Å². The maximum absolute atomic E-state index is 5.81. The van der Waals surface area contributed by atoms with Crippen LogP contribution in [0.25, 0.3) is 22.3 Å². The van der Waals surface area contributed by atoms with Gasteiger partial charge in [-0.05, 0) is 29.3 Å². The molecule has 0 saturated heterocycles. The number of ether oxygens (including phenoxy) is 1. The molecule has 112 valence electrons. The lowest BCUT2D eigenvalue weighted by molar-refractivity contribution is 0.306. The van der Waals surface area contributed by atoms with Gasteiger partial charge >= 0.3 is 0 Å². The van der Waals surface area contributed by atoms with Crippen LogP contribution in [0.1, 0.15) is 5.56 Å². The van der Waals surface area contributed by atoms with Gasteiger partial charge in [0, 0.05) is 11.8 Å². The molecule has 4 heteroatoms. The molecular weight excluding hydrogens is 286 g/mol. The van der Waals surface area contributed by atoms with Crippen LogP contribution >= 0.6 is 0 Å². The van der Waals surface area contributed by atoms with Crippen LogP contribution < -0.4 is 4.74 Å². The molecule has 0 spiro atoms. The van der Waals surface area contributed by atoms with Crippen LogP contribution in [0.2, 0.25) is 0 Å². The van der Waals surface area contributed by atoms with E-state index in [9.17, 15) is 0 Å². The number of nitrogens with zero attached hydrogens (tertiary/aromatic N) is 2. The van der Waals surface area contributed by atoms with E-state index in [2.05, 4.69) is 33.2 Å². The zero-order valence-electron chi connectivity index (χ0n) is 12.4. The van der Waals surface area contributed by atoms with Crippen molar-refractivity contribution in [3.8, 4) is 16.9 Å². The quantitative estimate of drug-likeness (QED) is 0.614. The molecule has 2 aromatic carbocycles. The molecule has 0 fully saturated rings. The fraction of sp³-hybridized carbons (Fsp3) is 0.0526. The maximum atomic E-state index is 5.81. The number of hydrogen-bond donors (Lipinski definition) is 1. The Morgan fingerprint density at radius 3 is 2.52 bits per heavy atom. The van der Waals surface area contributed by atoms with E-state index in [1.54, 1.807) is 6.33 Å². The molecule has 0 aliphatic carbocycles. The number of rotatable bonds is 4. The van der Waals surface area contributed by atoms with Gasteiger partial charge in [0.25, 0.3) is 0 Å². The Morgan fingerprint density at radius 2 is 1.70 bits per heavy atom. The van der Waals surface area contributed by atoms with Gasteiger partial charge in [-0.25, -0.2) is 9.97 Å². The molecule has 1 N–H and O–H groups in total. The van der Waals surface area contributed by atoms with Gasteiger partial charge in [-0.3, -0.25) is 0 Å². The summed E-state index contributed by atoms with van der Waals surface area (Å²) in [5.74, 6) is 0.855. The average molecular weight is 301 g/mol. The predicted molar refractivity (Wildman–Crippen MR) is 90.1 cm³/mol. The number of hydrogen-bond acceptors (Lipinski definition) is 3. The Morgan fingerprint density at radius 1 is 0.870 bits per heavy atom. The Bertz CT molecular complexity index is 914. The van der Waals surface area contributed by atoms with Crippen molar-refractivity contribution in [3.05, 3.63) is 78.8 Å². The highest BCUT2D eigenvalue weighted by atomic mass is 16.5. The fourth-order valence-electron chi connectivity index (χ4n) is 2.47. The van der Waals surface area contributed by atoms with E-state index in [0.29, 0.717) is 6.61 Å². The van der Waals surface area contributed by atoms with Gasteiger partial charge in [0.1, 0.15) is 12.4 Å². The molecule has 0 atom stereocenters. The van der Waals surface area contributed by atoms with Crippen LogP contribution in [-0.4, -0.2) is 15.0 Å². The summed E-state index contributed by atoms with van der Waals surface area (Å²) >= 11 is 0. The van der Waals surface area contributed by atoms with E-state index in [1.165, 1.54) is 0 Å². The van der Waals surface area contributed by atoms with E-state index in [4.69, 9.17) is 4.74 Å². The minimum Gasteiger partial charge on any atom is -0.489 e. The molecule has 0 aliphatic rings. The number of imidazole rings is 1. The summed E-state index contributed by atoms with van der Waals surface area (Å²) in [6.07, 6.45) is 3.49. The first-order valence-electron chi connectivity index (χ1n) is 7.45. The first-order valence-corrected chi connectivity index (χ1v) is 7.45. The summed E-state index contributed by atoms with van der Waals surface area (Å²) in [5.41, 5.74) is 4.98. The van der Waals surface area contributed by atoms with Crippen LogP contribution in [0.3, 0.4) is 0 Å². The monoisotopic (exact) mass is 301 g/mol. The molecule has 0 amide bonds. The molecule has 0 saturated carbocycles. The van der Waals surface area contributed by atoms with Crippen molar-refractivity contribution in [2.75, 3.05) is 0 Å². The average Bonchev–Trinajstić information content (AvgIpc) is 3.09. The molecule has 0 radical (unpaired) electrons. The molecule has 4 rings (SSSR count). The highest BCUT2D eigenvalue weighted by Gasteiger charge is 2.03. The van der Waals surface area contributed by atoms with Gasteiger partial charge in [0.05, 0.1) is 11.8 Å². The topological polar surface area (TPSA) is 50.8 Å². The number of fused-ring (bicyclic) bond motifs is 1. The zero-order chi connectivity index (χ0) is 15.5. The number of pyridine rings is 1. The van der Waals surface area contributed by atoms with Crippen molar-refractivity contribution in [1.29, 1.82) is 0 Å². The van der Waals surface area contributed by atoms with E-state index in [-0.39, 0.29) is 0 Å². The molecule has 4 nitrogen and oxygen atoms in total. The third-order valence-corrected chi connectivity index (χ3v) is 3.71. The van der Waals surface area contributed by atoms with Crippen molar-refractivity contribution < 1.29 is 4.74 Å². The highest BCUT2D eigenvalue weighted by Crippen LogP contribution is 2.24. The smallest absolute Gasteiger partial charge is 0.177 e. The van der Waals surface area contributed by atoms with Crippen LogP contribution in [0.4, 0.5) is 0 Å². The molecule has 2 aromatic heterocycles. The SMILES string of the molecule is c1ccc(COc2ccc(-c3cnc4nc[nH]c4c3)cc2)cc1. The Labute approximate surface area is 133 Å². The molecule has 2 heterocycles. The molecular formula is C19H15N3O. The van der Waals surface area contributed by atoms with Gasteiger partial charge in [0.2, 0.25) is 0 Å². The number of benzene rings is 2. The van der Waals surface area contributed by atoms with E-state index in [0.717, 1.165) is 33.6 Å². The molecule has 4 aromatic rings. The minimum atomic E-state index is 0.571. The van der Waals surface area contributed by atoms with Crippen molar-refractivity contribution in [3.63, 3.8) is 0 Å². The summed E-state index contributed by atoms with van der Waals surface area (Å²) in [6.45, 7) is 0.571. The Balaban J connectivity index is 1.51. The van der Waals surface area contributed by atoms with E-state index < -0.39 is 0 Å². The third-order valence-electron chi connectivity index (χ3n) is 3.71. The summed E-state index contributed by atoms with van der Waals surface area (Å²) < 4.78 is 5.81. The maximum Gasteiger partial charge on any atom is 0.177 e. The van der Waals surface area contributed by atoms with Gasteiger partial charge in [0.15, 0.2) is 5.65 Å². The van der Waals surface area contributed by atoms with Crippen LogP contribution in [0.15, 0.2) is 73.2 Å². The van der Waals surface area contributed by atoms with E-state index >= 15 is 0 Å². The van der Waals surface area contributed by atoms with Crippen LogP contribution in [0.5, 0.6) is 5.75 Å². The number of nitrogens with one attached hydrogen (secondary N) is 1. The summed E-state index contributed by atoms with van der Waals surface area (Å²) in [7, 11) is 0. The van der Waals surface area contributed by atoms with Crippen molar-refractivity contribution in [2.24, 2.45) is 0 Å². The predicted octanol–water partition coefficient (Wildman–Crippen LogP) is 4.20. The number of aromatic amines is 1. The standard InChI is InChI=1S/C19H15N3O/c1-2-4-14(5-3-1)12-23-17-8-6-15(7-9-17)16-10-18-19(20-11-16)22-13-21-18/h1-11,13H,12H2,(H,20,21,22). The molecule has 0 bridgehead atoms. The highest BCUT2D eigenvalue weighted by molar-refractivity contribution is 5.77. The fourth-order valence-corrected chi connectivity index (χ4v) is 2.47. The first-order chi connectivity index (χ1) is 11.4. The summed E-state index contributed by atoms with van der Waals surface area (Å²) in [4.78, 5) is 11.6. The summed E-state index contributed by atoms with van der Waals surface area (Å²) in [5, 5.41) is 0. The first kappa shape index (κ1) is 13.5. The van der Waals surface area contributed by atoms with Gasteiger partial charge in [-0.1, -0.05) is 42.5 Å². The zero-order valence-corrected chi connectivity index (χ0v) is 12.4. The normalized spacial score (nSPS) is 10.8. The number of H-pyrrole nitrogens is 1. The molecule has 0 aliphatic heterocycles. The lowest BCUT2D eigenvalue weighted by Crippen LogP contribution is -1.94. The number of aromatic nitrogens is 3. The Kier molecular flexibility index (Phi) is 3.48. The van der Waals surface area contributed by atoms with Gasteiger partial charge in [-0.2, -0.15) is 0 Å². The second kappa shape index (κ2) is 5.93. The molecule has 23 heavy (non-hydrogen) atoms. The Hall–Kier alpha value is -3.14. The lowest BCUT2D eigenvalue weighted by Gasteiger charge is -2.07. The molecule has 0 unspecified atom stereocenters. The van der Waals surface area contributed by atoms with Crippen LogP contribution in [0, 0.1) is 0 Å².